The molecule has 0 saturated carbocycles. The Morgan fingerprint density at radius 2 is 1.41 bits per heavy atom. The molecule has 0 spiro atoms. The van der Waals surface area contributed by atoms with Crippen molar-refractivity contribution in [3.05, 3.63) is 70.7 Å². The number of hydrogen-bond donors (Lipinski definition) is 0. The summed E-state index contributed by atoms with van der Waals surface area (Å²) in [4.78, 5) is 11.8. The van der Waals surface area contributed by atoms with Gasteiger partial charge in [0, 0.05) is 0 Å². The first kappa shape index (κ1) is 21.6. The summed E-state index contributed by atoms with van der Waals surface area (Å²) in [5.74, 6) is -0.390. The summed E-state index contributed by atoms with van der Waals surface area (Å²) in [6.07, 6.45) is 0. The molecule has 2 aromatic carbocycles. The van der Waals surface area contributed by atoms with Crippen molar-refractivity contribution >= 4 is 40.6 Å². The van der Waals surface area contributed by atoms with Crippen LogP contribution in [0.25, 0.3) is 0 Å². The number of benzene rings is 2. The Bertz CT molecular complexity index is 756. The lowest BCUT2D eigenvalue weighted by Crippen LogP contribution is -2.66. The van der Waals surface area contributed by atoms with Crippen LogP contribution in [0, 0.1) is 0 Å². The third-order valence-electron chi connectivity index (χ3n) is 4.66. The fourth-order valence-corrected chi connectivity index (χ4v) is 8.17. The highest BCUT2D eigenvalue weighted by molar-refractivity contribution is 9.12. The zero-order chi connectivity index (χ0) is 20.1. The van der Waals surface area contributed by atoms with Gasteiger partial charge in [0.2, 0.25) is 0 Å². The van der Waals surface area contributed by atoms with Gasteiger partial charge < -0.3 is 9.16 Å². The smallest absolute Gasteiger partial charge is 0.344 e. The Morgan fingerprint density at radius 3 is 1.78 bits per heavy atom. The quantitative estimate of drug-likeness (QED) is 0.374. The second-order valence-corrected chi connectivity index (χ2v) is 12.6. The van der Waals surface area contributed by atoms with E-state index in [9.17, 15) is 4.79 Å². The van der Waals surface area contributed by atoms with Crippen LogP contribution in [0.1, 0.15) is 27.7 Å². The van der Waals surface area contributed by atoms with Crippen LogP contribution >= 0.6 is 15.9 Å². The molecular formula is C22H27BrO3Si. The van der Waals surface area contributed by atoms with Crippen molar-refractivity contribution in [3.63, 3.8) is 0 Å². The molecule has 0 unspecified atom stereocenters. The third kappa shape index (κ3) is 4.59. The molecule has 0 aliphatic heterocycles. The molecule has 0 aromatic heterocycles. The zero-order valence-corrected chi connectivity index (χ0v) is 19.2. The van der Waals surface area contributed by atoms with E-state index in [2.05, 4.69) is 85.2 Å². The van der Waals surface area contributed by atoms with E-state index in [1.54, 1.807) is 0 Å². The topological polar surface area (TPSA) is 35.5 Å². The molecule has 3 nitrogen and oxygen atoms in total. The van der Waals surface area contributed by atoms with Crippen LogP contribution < -0.4 is 10.4 Å². The Hall–Kier alpha value is -1.69. The van der Waals surface area contributed by atoms with Crippen molar-refractivity contribution in [2.75, 3.05) is 13.7 Å². The Morgan fingerprint density at radius 1 is 0.963 bits per heavy atom. The predicted molar refractivity (Wildman–Crippen MR) is 117 cm³/mol. The lowest BCUT2D eigenvalue weighted by Gasteiger charge is -2.43. The number of halogens is 1. The first-order chi connectivity index (χ1) is 12.7. The summed E-state index contributed by atoms with van der Waals surface area (Å²) < 4.78 is 12.0. The average Bonchev–Trinajstić information content (AvgIpc) is 2.67. The normalized spacial score (nSPS) is 13.1. The van der Waals surface area contributed by atoms with Gasteiger partial charge in [-0.3, -0.25) is 0 Å². The van der Waals surface area contributed by atoms with Crippen LogP contribution in [0.5, 0.6) is 0 Å². The van der Waals surface area contributed by atoms with E-state index in [1.165, 1.54) is 17.5 Å². The van der Waals surface area contributed by atoms with Gasteiger partial charge in [-0.15, -0.1) is 0 Å². The van der Waals surface area contributed by atoms with Gasteiger partial charge >= 0.3 is 5.97 Å². The summed E-state index contributed by atoms with van der Waals surface area (Å²) in [7, 11) is -1.24. The van der Waals surface area contributed by atoms with E-state index < -0.39 is 14.3 Å². The highest BCUT2D eigenvalue weighted by Crippen LogP contribution is 2.37. The van der Waals surface area contributed by atoms with Gasteiger partial charge in [-0.05, 0) is 43.8 Å². The molecule has 0 bridgehead atoms. The SMILES string of the molecule is COC(=O)/C(Br)=C(\C)CO[Si](c1ccccc1)(c1ccccc1)C(C)(C)C. The minimum absolute atomic E-state index is 0.103. The molecule has 0 N–H and O–H groups in total. The number of carbonyl (C=O) groups excluding carboxylic acids is 1. The maximum atomic E-state index is 11.8. The maximum Gasteiger partial charge on any atom is 0.344 e. The van der Waals surface area contributed by atoms with E-state index >= 15 is 0 Å². The highest BCUT2D eigenvalue weighted by Gasteiger charge is 2.50. The van der Waals surface area contributed by atoms with Crippen molar-refractivity contribution in [1.29, 1.82) is 0 Å². The highest BCUT2D eigenvalue weighted by atomic mass is 79.9. The van der Waals surface area contributed by atoms with Crippen LogP contribution in [0.2, 0.25) is 5.04 Å². The van der Waals surface area contributed by atoms with Crippen LogP contribution in [-0.2, 0) is 14.0 Å². The van der Waals surface area contributed by atoms with Gasteiger partial charge in [0.1, 0.15) is 4.48 Å². The average molecular weight is 447 g/mol. The molecule has 27 heavy (non-hydrogen) atoms. The van der Waals surface area contributed by atoms with Crippen molar-refractivity contribution < 1.29 is 14.0 Å². The van der Waals surface area contributed by atoms with Crippen LogP contribution in [0.3, 0.4) is 0 Å². The monoisotopic (exact) mass is 446 g/mol. The molecule has 0 amide bonds. The summed E-state index contributed by atoms with van der Waals surface area (Å²) in [5, 5.41) is 2.32. The second-order valence-electron chi connectivity index (χ2n) is 7.54. The van der Waals surface area contributed by atoms with Gasteiger partial charge in [0.15, 0.2) is 0 Å². The molecule has 0 saturated heterocycles. The van der Waals surface area contributed by atoms with Crippen molar-refractivity contribution in [2.45, 2.75) is 32.7 Å². The summed E-state index contributed by atoms with van der Waals surface area (Å²) in [5.41, 5.74) is 0.815. The minimum atomic E-state index is -2.61. The number of esters is 1. The van der Waals surface area contributed by atoms with E-state index in [0.29, 0.717) is 11.1 Å². The molecule has 0 radical (unpaired) electrons. The lowest BCUT2D eigenvalue weighted by molar-refractivity contribution is -0.135. The molecule has 5 heteroatoms. The summed E-state index contributed by atoms with van der Waals surface area (Å²) in [6, 6.07) is 20.9. The fraction of sp³-hybridized carbons (Fsp3) is 0.318. The molecule has 0 aliphatic carbocycles. The molecule has 0 fully saturated rings. The number of rotatable bonds is 6. The van der Waals surface area contributed by atoms with Gasteiger partial charge in [0.05, 0.1) is 13.7 Å². The van der Waals surface area contributed by atoms with Gasteiger partial charge in [-0.2, -0.15) is 0 Å². The largest absolute Gasteiger partial charge is 0.465 e. The molecule has 0 heterocycles. The van der Waals surface area contributed by atoms with Crippen molar-refractivity contribution in [3.8, 4) is 0 Å². The summed E-state index contributed by atoms with van der Waals surface area (Å²) >= 11 is 3.34. The first-order valence-corrected chi connectivity index (χ1v) is 11.6. The molecule has 2 rings (SSSR count). The second kappa shape index (κ2) is 9.00. The zero-order valence-electron chi connectivity index (χ0n) is 16.6. The number of carbonyl (C=O) groups is 1. The number of methoxy groups -OCH3 is 1. The Labute approximate surface area is 171 Å². The van der Waals surface area contributed by atoms with E-state index in [0.717, 1.165) is 5.57 Å². The van der Waals surface area contributed by atoms with E-state index in [1.807, 2.05) is 19.1 Å². The molecule has 144 valence electrons. The van der Waals surface area contributed by atoms with Gasteiger partial charge in [-0.25, -0.2) is 4.79 Å². The molecule has 2 aromatic rings. The number of ether oxygens (including phenoxy) is 1. The fourth-order valence-electron chi connectivity index (χ4n) is 3.31. The van der Waals surface area contributed by atoms with Crippen molar-refractivity contribution in [2.24, 2.45) is 0 Å². The predicted octanol–water partition coefficient (Wildman–Crippen LogP) is 4.40. The Balaban J connectivity index is 2.58. The molecule has 0 aliphatic rings. The lowest BCUT2D eigenvalue weighted by atomic mass is 10.2. The Kier molecular flexibility index (Phi) is 7.20. The maximum absolute atomic E-state index is 11.8. The first-order valence-electron chi connectivity index (χ1n) is 8.92. The van der Waals surface area contributed by atoms with Crippen LogP contribution in [-0.4, -0.2) is 28.0 Å². The van der Waals surface area contributed by atoms with E-state index in [-0.39, 0.29) is 5.04 Å². The standard InChI is InChI=1S/C22H27BrO3Si/c1-17(20(23)21(24)25-5)16-26-27(22(2,3)4,18-12-8-6-9-13-18)19-14-10-7-11-15-19/h6-15H,16H2,1-5H3/b20-17-. The van der Waals surface area contributed by atoms with Gasteiger partial charge in [0.25, 0.3) is 8.32 Å². The third-order valence-corrected chi connectivity index (χ3v) is 10.6. The minimum Gasteiger partial charge on any atom is -0.465 e. The van der Waals surface area contributed by atoms with Crippen LogP contribution in [0.4, 0.5) is 0 Å². The molecular weight excluding hydrogens is 420 g/mol. The molecule has 0 atom stereocenters. The summed E-state index contributed by atoms with van der Waals surface area (Å²) in [6.45, 7) is 8.93. The number of hydrogen-bond acceptors (Lipinski definition) is 3. The van der Waals surface area contributed by atoms with Crippen LogP contribution in [0.15, 0.2) is 70.7 Å². The van der Waals surface area contributed by atoms with E-state index in [4.69, 9.17) is 9.16 Å². The van der Waals surface area contributed by atoms with Gasteiger partial charge in [-0.1, -0.05) is 81.4 Å². The van der Waals surface area contributed by atoms with Crippen molar-refractivity contribution in [1.82, 2.24) is 0 Å².